The molecule has 1 saturated heterocycles. The number of fused-ring (bicyclic) bond motifs is 1. The summed E-state index contributed by atoms with van der Waals surface area (Å²) in [5.74, 6) is 0.877. The van der Waals surface area contributed by atoms with Crippen molar-refractivity contribution in [2.75, 3.05) is 44.2 Å². The predicted molar refractivity (Wildman–Crippen MR) is 110 cm³/mol. The van der Waals surface area contributed by atoms with Crippen molar-refractivity contribution >= 4 is 17.3 Å². The molecular weight excluding hydrogens is 360 g/mol. The van der Waals surface area contributed by atoms with Gasteiger partial charge >= 0.3 is 0 Å². The molecule has 0 aromatic heterocycles. The number of hydrogen-bond acceptors (Lipinski definition) is 4. The number of benzene rings is 2. The minimum Gasteiger partial charge on any atom is -0.491 e. The molecule has 2 aromatic carbocycles. The zero-order valence-electron chi connectivity index (χ0n) is 15.6. The maximum Gasteiger partial charge on any atom is 0.119 e. The summed E-state index contributed by atoms with van der Waals surface area (Å²) in [5.41, 5.74) is 4.06. The molecule has 1 unspecified atom stereocenters. The van der Waals surface area contributed by atoms with Gasteiger partial charge in [0.05, 0.1) is 0 Å². The van der Waals surface area contributed by atoms with Crippen LogP contribution in [0.15, 0.2) is 42.5 Å². The number of aliphatic hydroxyl groups excluding tert-OH is 1. The average molecular weight is 387 g/mol. The Kier molecular flexibility index (Phi) is 5.86. The third-order valence-electron chi connectivity index (χ3n) is 5.55. The van der Waals surface area contributed by atoms with E-state index in [-0.39, 0.29) is 0 Å². The van der Waals surface area contributed by atoms with Crippen molar-refractivity contribution in [3.8, 4) is 5.75 Å². The van der Waals surface area contributed by atoms with Crippen molar-refractivity contribution < 1.29 is 9.84 Å². The van der Waals surface area contributed by atoms with E-state index >= 15 is 0 Å². The smallest absolute Gasteiger partial charge is 0.119 e. The molecule has 27 heavy (non-hydrogen) atoms. The van der Waals surface area contributed by atoms with Gasteiger partial charge in [0.25, 0.3) is 0 Å². The lowest BCUT2D eigenvalue weighted by Gasteiger charge is -2.36. The number of rotatable bonds is 6. The minimum atomic E-state index is -0.472. The molecule has 1 N–H and O–H groups in total. The highest BCUT2D eigenvalue weighted by Gasteiger charge is 2.20. The number of β-amino-alcohol motifs (C(OH)–C–C–N with tert-alkyl or cyclic N) is 1. The van der Waals surface area contributed by atoms with Crippen LogP contribution in [0, 0.1) is 0 Å². The van der Waals surface area contributed by atoms with Gasteiger partial charge in [-0.1, -0.05) is 17.7 Å². The summed E-state index contributed by atoms with van der Waals surface area (Å²) in [5, 5.41) is 11.1. The van der Waals surface area contributed by atoms with Gasteiger partial charge in [-0.25, -0.2) is 0 Å². The normalized spacial score (nSPS) is 18.4. The molecule has 1 fully saturated rings. The third-order valence-corrected chi connectivity index (χ3v) is 5.80. The van der Waals surface area contributed by atoms with Gasteiger partial charge in [-0.05, 0) is 66.8 Å². The first-order valence-corrected chi connectivity index (χ1v) is 10.2. The Labute approximate surface area is 166 Å². The van der Waals surface area contributed by atoms with Gasteiger partial charge in [0.2, 0.25) is 0 Å². The van der Waals surface area contributed by atoms with E-state index in [1.54, 1.807) is 0 Å². The first-order valence-electron chi connectivity index (χ1n) is 9.83. The number of aryl methyl sites for hydroxylation is 2. The van der Waals surface area contributed by atoms with Gasteiger partial charge in [-0.15, -0.1) is 0 Å². The van der Waals surface area contributed by atoms with Crippen LogP contribution in [-0.4, -0.2) is 55.4 Å². The molecule has 1 aliphatic heterocycles. The molecule has 0 bridgehead atoms. The van der Waals surface area contributed by atoms with E-state index in [0.717, 1.165) is 43.4 Å². The second-order valence-corrected chi connectivity index (χ2v) is 7.95. The van der Waals surface area contributed by atoms with Crippen LogP contribution in [0.3, 0.4) is 0 Å². The summed E-state index contributed by atoms with van der Waals surface area (Å²) < 4.78 is 5.84. The van der Waals surface area contributed by atoms with Crippen LogP contribution < -0.4 is 9.64 Å². The van der Waals surface area contributed by atoms with Crippen molar-refractivity contribution in [1.29, 1.82) is 0 Å². The van der Waals surface area contributed by atoms with Gasteiger partial charge in [0.15, 0.2) is 0 Å². The van der Waals surface area contributed by atoms with Gasteiger partial charge in [0.1, 0.15) is 18.5 Å². The second-order valence-electron chi connectivity index (χ2n) is 7.51. The summed E-state index contributed by atoms with van der Waals surface area (Å²) in [4.78, 5) is 4.67. The van der Waals surface area contributed by atoms with Crippen LogP contribution in [0.25, 0.3) is 0 Å². The molecule has 2 aliphatic rings. The summed E-state index contributed by atoms with van der Waals surface area (Å²) in [6.07, 6.45) is 3.09. The monoisotopic (exact) mass is 386 g/mol. The van der Waals surface area contributed by atoms with Crippen LogP contribution in [0.2, 0.25) is 5.02 Å². The maximum atomic E-state index is 10.4. The highest BCUT2D eigenvalue weighted by atomic mass is 35.5. The summed E-state index contributed by atoms with van der Waals surface area (Å²) in [6, 6.07) is 14.3. The van der Waals surface area contributed by atoms with E-state index < -0.39 is 6.10 Å². The molecule has 4 rings (SSSR count). The molecule has 5 heteroatoms. The number of hydrogen-bond donors (Lipinski definition) is 1. The molecule has 4 nitrogen and oxygen atoms in total. The van der Waals surface area contributed by atoms with Crippen LogP contribution in [0.1, 0.15) is 17.5 Å². The second kappa shape index (κ2) is 8.51. The lowest BCUT2D eigenvalue weighted by atomic mass is 10.1. The average Bonchev–Trinajstić information content (AvgIpc) is 3.15. The van der Waals surface area contributed by atoms with Crippen LogP contribution >= 0.6 is 11.6 Å². The SMILES string of the molecule is OC(COc1ccc2c(c1)CCC2)CN1CCN(c2ccc(Cl)cc2)CC1. The van der Waals surface area contributed by atoms with Crippen LogP contribution in [-0.2, 0) is 12.8 Å². The largest absolute Gasteiger partial charge is 0.491 e. The maximum absolute atomic E-state index is 10.4. The zero-order chi connectivity index (χ0) is 18.6. The Morgan fingerprint density at radius 2 is 1.70 bits per heavy atom. The van der Waals surface area contributed by atoms with E-state index in [2.05, 4.69) is 34.1 Å². The van der Waals surface area contributed by atoms with E-state index in [9.17, 15) is 5.11 Å². The third kappa shape index (κ3) is 4.75. The van der Waals surface area contributed by atoms with Crippen molar-refractivity contribution in [2.45, 2.75) is 25.4 Å². The van der Waals surface area contributed by atoms with Crippen LogP contribution in [0.5, 0.6) is 5.75 Å². The lowest BCUT2D eigenvalue weighted by Crippen LogP contribution is -2.49. The fraction of sp³-hybridized carbons (Fsp3) is 0.455. The topological polar surface area (TPSA) is 35.9 Å². The lowest BCUT2D eigenvalue weighted by molar-refractivity contribution is 0.0663. The van der Waals surface area contributed by atoms with Gasteiger partial charge in [-0.3, -0.25) is 4.90 Å². The predicted octanol–water partition coefficient (Wildman–Crippen LogP) is 3.39. The molecule has 0 saturated carbocycles. The van der Waals surface area contributed by atoms with Gasteiger partial charge < -0.3 is 14.7 Å². The molecule has 1 heterocycles. The van der Waals surface area contributed by atoms with E-state index in [4.69, 9.17) is 16.3 Å². The van der Waals surface area contributed by atoms with E-state index in [1.165, 1.54) is 29.7 Å². The van der Waals surface area contributed by atoms with E-state index in [1.807, 2.05) is 18.2 Å². The summed E-state index contributed by atoms with van der Waals surface area (Å²) in [7, 11) is 0. The molecule has 0 amide bonds. The Morgan fingerprint density at radius 1 is 0.963 bits per heavy atom. The summed E-state index contributed by atoms with van der Waals surface area (Å²) >= 11 is 5.97. The van der Waals surface area contributed by atoms with Gasteiger partial charge in [0, 0.05) is 43.4 Å². The fourth-order valence-corrected chi connectivity index (χ4v) is 4.15. The Balaban J connectivity index is 1.21. The molecular formula is C22H27ClN2O2. The number of ether oxygens (including phenoxy) is 1. The molecule has 1 atom stereocenters. The van der Waals surface area contributed by atoms with Crippen molar-refractivity contribution in [2.24, 2.45) is 0 Å². The first kappa shape index (κ1) is 18.6. The molecule has 0 radical (unpaired) electrons. The molecule has 2 aromatic rings. The Hall–Kier alpha value is -1.75. The standard InChI is InChI=1S/C22H27ClN2O2/c23-19-5-7-20(8-6-19)25-12-10-24(11-13-25)15-21(26)16-27-22-9-4-17-2-1-3-18(17)14-22/h4-9,14,21,26H,1-3,10-13,15-16H2. The molecule has 0 spiro atoms. The quantitative estimate of drug-likeness (QED) is 0.825. The number of halogens is 1. The Morgan fingerprint density at radius 3 is 2.48 bits per heavy atom. The first-order chi connectivity index (χ1) is 13.2. The van der Waals surface area contributed by atoms with E-state index in [0.29, 0.717) is 13.2 Å². The molecule has 1 aliphatic carbocycles. The zero-order valence-corrected chi connectivity index (χ0v) is 16.4. The fourth-order valence-electron chi connectivity index (χ4n) is 4.02. The van der Waals surface area contributed by atoms with Crippen molar-refractivity contribution in [3.63, 3.8) is 0 Å². The van der Waals surface area contributed by atoms with Crippen LogP contribution in [0.4, 0.5) is 5.69 Å². The highest BCUT2D eigenvalue weighted by Crippen LogP contribution is 2.26. The highest BCUT2D eigenvalue weighted by molar-refractivity contribution is 6.30. The summed E-state index contributed by atoms with van der Waals surface area (Å²) in [6.45, 7) is 4.80. The van der Waals surface area contributed by atoms with Crippen molar-refractivity contribution in [1.82, 2.24) is 4.90 Å². The number of piperazine rings is 1. The van der Waals surface area contributed by atoms with Gasteiger partial charge in [-0.2, -0.15) is 0 Å². The number of aliphatic hydroxyl groups is 1. The minimum absolute atomic E-state index is 0.343. The Bertz CT molecular complexity index is 757. The number of nitrogens with zero attached hydrogens (tertiary/aromatic N) is 2. The molecule has 144 valence electrons. The number of anilines is 1. The van der Waals surface area contributed by atoms with Crippen molar-refractivity contribution in [3.05, 3.63) is 58.6 Å².